The van der Waals surface area contributed by atoms with Gasteiger partial charge in [-0.1, -0.05) is 19.3 Å². The molecule has 8 heteroatoms. The van der Waals surface area contributed by atoms with Crippen LogP contribution in [0.15, 0.2) is 0 Å². The van der Waals surface area contributed by atoms with E-state index in [1.165, 1.54) is 30.7 Å². The van der Waals surface area contributed by atoms with E-state index in [2.05, 4.69) is 5.32 Å². The molecule has 0 aromatic rings. The van der Waals surface area contributed by atoms with Gasteiger partial charge in [0.2, 0.25) is 10.0 Å². The first-order valence-electron chi connectivity index (χ1n) is 8.48. The van der Waals surface area contributed by atoms with E-state index in [1.807, 2.05) is 0 Å². The van der Waals surface area contributed by atoms with Crippen LogP contribution in [0.3, 0.4) is 0 Å². The molecule has 0 aromatic carbocycles. The van der Waals surface area contributed by atoms with Crippen LogP contribution in [0.25, 0.3) is 0 Å². The second kappa shape index (κ2) is 8.30. The molecule has 0 aromatic heterocycles. The Hall–Kier alpha value is -0.860. The van der Waals surface area contributed by atoms with Crippen molar-refractivity contribution in [1.82, 2.24) is 14.5 Å². The maximum Gasteiger partial charge on any atom is 0.317 e. The zero-order valence-electron chi connectivity index (χ0n) is 14.2. The van der Waals surface area contributed by atoms with E-state index in [0.29, 0.717) is 26.2 Å². The molecule has 1 unspecified atom stereocenters. The lowest BCUT2D eigenvalue weighted by atomic mass is 9.96. The molecule has 1 saturated heterocycles. The lowest BCUT2D eigenvalue weighted by Gasteiger charge is -2.35. The van der Waals surface area contributed by atoms with E-state index in [1.54, 1.807) is 11.8 Å². The molecule has 2 fully saturated rings. The molecule has 1 aliphatic carbocycles. The van der Waals surface area contributed by atoms with Crippen LogP contribution in [0.4, 0.5) is 4.79 Å². The van der Waals surface area contributed by atoms with Crippen LogP contribution in [-0.2, 0) is 14.8 Å². The molecule has 1 aliphatic heterocycles. The van der Waals surface area contributed by atoms with Gasteiger partial charge in [0.15, 0.2) is 0 Å². The quantitative estimate of drug-likeness (QED) is 0.805. The average Bonchev–Trinajstić information content (AvgIpc) is 2.55. The summed E-state index contributed by atoms with van der Waals surface area (Å²) in [6.07, 6.45) is 5.38. The number of nitrogens with one attached hydrogen (secondary N) is 1. The van der Waals surface area contributed by atoms with Crippen molar-refractivity contribution in [3.63, 3.8) is 0 Å². The molecule has 2 rings (SSSR count). The van der Waals surface area contributed by atoms with E-state index >= 15 is 0 Å². The number of rotatable bonds is 5. The Kier molecular flexibility index (Phi) is 6.67. The van der Waals surface area contributed by atoms with Gasteiger partial charge in [-0.2, -0.15) is 4.31 Å². The van der Waals surface area contributed by atoms with Gasteiger partial charge in [-0.3, -0.25) is 0 Å². The van der Waals surface area contributed by atoms with Crippen LogP contribution >= 0.6 is 0 Å². The summed E-state index contributed by atoms with van der Waals surface area (Å²) in [5.41, 5.74) is 0. The van der Waals surface area contributed by atoms with Crippen LogP contribution in [0.5, 0.6) is 0 Å². The molecule has 134 valence electrons. The third-order valence-electron chi connectivity index (χ3n) is 4.70. The molecule has 23 heavy (non-hydrogen) atoms. The first kappa shape index (κ1) is 18.5. The fraction of sp³-hybridized carbons (Fsp3) is 0.933. The fourth-order valence-corrected chi connectivity index (χ4v) is 4.81. The third kappa shape index (κ3) is 5.32. The number of hydrogen-bond acceptors (Lipinski definition) is 4. The van der Waals surface area contributed by atoms with Gasteiger partial charge >= 0.3 is 6.03 Å². The van der Waals surface area contributed by atoms with E-state index in [-0.39, 0.29) is 23.9 Å². The number of piperazine rings is 1. The van der Waals surface area contributed by atoms with Crippen molar-refractivity contribution in [2.24, 2.45) is 0 Å². The maximum absolute atomic E-state index is 12.3. The summed E-state index contributed by atoms with van der Waals surface area (Å²) in [6, 6.07) is 0.222. The summed E-state index contributed by atoms with van der Waals surface area (Å²) in [5.74, 6) is -0.0161. The topological polar surface area (TPSA) is 79.0 Å². The minimum absolute atomic E-state index is 0.0161. The lowest BCUT2D eigenvalue weighted by Crippen LogP contribution is -2.55. The van der Waals surface area contributed by atoms with Crippen LogP contribution in [0.1, 0.15) is 39.0 Å². The summed E-state index contributed by atoms with van der Waals surface area (Å²) < 4.78 is 31.1. The van der Waals surface area contributed by atoms with Crippen LogP contribution in [-0.4, -0.2) is 74.8 Å². The fourth-order valence-electron chi connectivity index (χ4n) is 3.15. The minimum atomic E-state index is -3.32. The first-order chi connectivity index (χ1) is 10.9. The predicted octanol–water partition coefficient (Wildman–Crippen LogP) is 1.01. The summed E-state index contributed by atoms with van der Waals surface area (Å²) in [4.78, 5) is 14.0. The largest absolute Gasteiger partial charge is 0.381 e. The molecular formula is C15H29N3O4S. The molecule has 2 aliphatic rings. The van der Waals surface area contributed by atoms with Crippen molar-refractivity contribution < 1.29 is 17.9 Å². The van der Waals surface area contributed by atoms with Crippen molar-refractivity contribution in [2.45, 2.75) is 51.2 Å². The number of amides is 2. The molecule has 2 amide bonds. The van der Waals surface area contributed by atoms with Crippen LogP contribution in [0, 0.1) is 0 Å². The Morgan fingerprint density at radius 3 is 2.35 bits per heavy atom. The van der Waals surface area contributed by atoms with Crippen molar-refractivity contribution in [1.29, 1.82) is 0 Å². The number of urea groups is 1. The number of hydrogen-bond donors (Lipinski definition) is 1. The third-order valence-corrected chi connectivity index (χ3v) is 6.74. The molecular weight excluding hydrogens is 318 g/mol. The monoisotopic (exact) mass is 347 g/mol. The minimum Gasteiger partial charge on any atom is -0.381 e. The molecule has 1 heterocycles. The summed E-state index contributed by atoms with van der Waals surface area (Å²) in [6.45, 7) is 3.34. The Morgan fingerprint density at radius 1 is 1.17 bits per heavy atom. The van der Waals surface area contributed by atoms with Gasteiger partial charge < -0.3 is 15.0 Å². The average molecular weight is 347 g/mol. The molecule has 0 spiro atoms. The van der Waals surface area contributed by atoms with Gasteiger partial charge in [-0.15, -0.1) is 0 Å². The highest BCUT2D eigenvalue weighted by Crippen LogP contribution is 2.18. The lowest BCUT2D eigenvalue weighted by molar-refractivity contribution is 0.133. The van der Waals surface area contributed by atoms with Gasteiger partial charge in [-0.25, -0.2) is 13.2 Å². The van der Waals surface area contributed by atoms with Gasteiger partial charge in [0.1, 0.15) is 0 Å². The van der Waals surface area contributed by atoms with E-state index in [0.717, 1.165) is 12.8 Å². The highest BCUT2D eigenvalue weighted by Gasteiger charge is 2.30. The molecule has 1 atom stereocenters. The van der Waals surface area contributed by atoms with Crippen molar-refractivity contribution in [3.05, 3.63) is 0 Å². The number of ether oxygens (including phenoxy) is 1. The number of nitrogens with zero attached hydrogens (tertiary/aromatic N) is 2. The van der Waals surface area contributed by atoms with Crippen LogP contribution < -0.4 is 5.32 Å². The van der Waals surface area contributed by atoms with Crippen LogP contribution in [0.2, 0.25) is 0 Å². The highest BCUT2D eigenvalue weighted by molar-refractivity contribution is 7.89. The number of sulfonamides is 1. The standard InChI is InChI=1S/C15H29N3O4S/c1-13(22-2)12-23(20,21)18-10-8-17(9-11-18)15(19)16-14-6-4-3-5-7-14/h13-14H,3-12H2,1-2H3,(H,16,19). The SMILES string of the molecule is COC(C)CS(=O)(=O)N1CCN(C(=O)NC2CCCCC2)CC1. The van der Waals surface area contributed by atoms with Crippen molar-refractivity contribution in [3.8, 4) is 0 Å². The molecule has 7 nitrogen and oxygen atoms in total. The zero-order valence-corrected chi connectivity index (χ0v) is 15.0. The first-order valence-corrected chi connectivity index (χ1v) is 10.1. The van der Waals surface area contributed by atoms with Gasteiger partial charge in [-0.05, 0) is 19.8 Å². The second-order valence-corrected chi connectivity index (χ2v) is 8.51. The van der Waals surface area contributed by atoms with Gasteiger partial charge in [0.05, 0.1) is 11.9 Å². The Bertz CT molecular complexity index is 483. The second-order valence-electron chi connectivity index (χ2n) is 6.50. The Morgan fingerprint density at radius 2 is 1.78 bits per heavy atom. The number of methoxy groups -OCH3 is 1. The smallest absolute Gasteiger partial charge is 0.317 e. The molecule has 1 saturated carbocycles. The van der Waals surface area contributed by atoms with Crippen molar-refractivity contribution >= 4 is 16.1 Å². The molecule has 0 radical (unpaired) electrons. The van der Waals surface area contributed by atoms with Gasteiger partial charge in [0.25, 0.3) is 0 Å². The predicted molar refractivity (Wildman–Crippen MR) is 88.8 cm³/mol. The number of carbonyl (C=O) groups is 1. The summed E-state index contributed by atoms with van der Waals surface area (Å²) in [7, 11) is -1.81. The van der Waals surface area contributed by atoms with Gasteiger partial charge in [0, 0.05) is 39.3 Å². The number of carbonyl (C=O) groups excluding carboxylic acids is 1. The van der Waals surface area contributed by atoms with E-state index in [4.69, 9.17) is 4.74 Å². The summed E-state index contributed by atoms with van der Waals surface area (Å²) in [5, 5.41) is 3.08. The Balaban J connectivity index is 1.79. The maximum atomic E-state index is 12.3. The molecule has 1 N–H and O–H groups in total. The van der Waals surface area contributed by atoms with Crippen molar-refractivity contribution in [2.75, 3.05) is 39.0 Å². The van der Waals surface area contributed by atoms with E-state index in [9.17, 15) is 13.2 Å². The Labute approximate surface area is 139 Å². The van der Waals surface area contributed by atoms with E-state index < -0.39 is 10.0 Å². The summed E-state index contributed by atoms with van der Waals surface area (Å²) >= 11 is 0. The molecule has 0 bridgehead atoms. The highest BCUT2D eigenvalue weighted by atomic mass is 32.2. The normalized spacial score (nSPS) is 22.8. The zero-order chi connectivity index (χ0) is 16.9.